The van der Waals surface area contributed by atoms with Crippen molar-refractivity contribution in [1.29, 1.82) is 0 Å². The third kappa shape index (κ3) is 4.63. The summed E-state index contributed by atoms with van der Waals surface area (Å²) >= 11 is 1.38. The Labute approximate surface area is 163 Å². The summed E-state index contributed by atoms with van der Waals surface area (Å²) in [6, 6.07) is 16.9. The van der Waals surface area contributed by atoms with Crippen molar-refractivity contribution in [3.63, 3.8) is 0 Å². The third-order valence-corrected chi connectivity index (χ3v) is 5.23. The fourth-order valence-electron chi connectivity index (χ4n) is 2.90. The molecular formula is C22H22N2O2S. The van der Waals surface area contributed by atoms with Crippen molar-refractivity contribution in [2.24, 2.45) is 0 Å². The van der Waals surface area contributed by atoms with Crippen LogP contribution >= 0.6 is 11.3 Å². The van der Waals surface area contributed by atoms with Crippen LogP contribution in [0.2, 0.25) is 0 Å². The number of hydrogen-bond donors (Lipinski definition) is 1. The van der Waals surface area contributed by atoms with Gasteiger partial charge in [0.25, 0.3) is 11.8 Å². The van der Waals surface area contributed by atoms with Crippen LogP contribution < -0.4 is 5.32 Å². The number of nitrogens with one attached hydrogen (secondary N) is 1. The molecule has 0 aliphatic heterocycles. The van der Waals surface area contributed by atoms with E-state index in [2.05, 4.69) is 37.4 Å². The maximum atomic E-state index is 12.8. The minimum absolute atomic E-state index is 0.0813. The van der Waals surface area contributed by atoms with Crippen molar-refractivity contribution in [2.45, 2.75) is 20.4 Å². The average Bonchev–Trinajstić information content (AvgIpc) is 3.18. The van der Waals surface area contributed by atoms with E-state index in [1.165, 1.54) is 22.5 Å². The molecule has 5 heteroatoms. The van der Waals surface area contributed by atoms with Crippen molar-refractivity contribution < 1.29 is 9.59 Å². The fraction of sp³-hybridized carbons (Fsp3) is 0.182. The number of benzene rings is 2. The van der Waals surface area contributed by atoms with Gasteiger partial charge in [0.05, 0.1) is 4.88 Å². The zero-order chi connectivity index (χ0) is 19.4. The molecule has 1 heterocycles. The molecule has 1 aromatic heterocycles. The molecule has 138 valence electrons. The van der Waals surface area contributed by atoms with Gasteiger partial charge < -0.3 is 10.2 Å². The lowest BCUT2D eigenvalue weighted by atomic mass is 10.1. The first-order chi connectivity index (χ1) is 12.9. The van der Waals surface area contributed by atoms with Crippen LogP contribution in [0.4, 0.5) is 5.69 Å². The molecule has 0 unspecified atom stereocenters. The van der Waals surface area contributed by atoms with E-state index in [1.54, 1.807) is 42.3 Å². The van der Waals surface area contributed by atoms with Gasteiger partial charge in [-0.05, 0) is 54.6 Å². The highest BCUT2D eigenvalue weighted by Gasteiger charge is 2.14. The van der Waals surface area contributed by atoms with Gasteiger partial charge in [0.15, 0.2) is 0 Å². The number of hydrogen-bond acceptors (Lipinski definition) is 3. The Balaban J connectivity index is 1.71. The zero-order valence-electron chi connectivity index (χ0n) is 15.7. The third-order valence-electron chi connectivity index (χ3n) is 4.36. The summed E-state index contributed by atoms with van der Waals surface area (Å²) in [4.78, 5) is 27.3. The van der Waals surface area contributed by atoms with Crippen molar-refractivity contribution in [1.82, 2.24) is 4.90 Å². The van der Waals surface area contributed by atoms with E-state index in [0.29, 0.717) is 22.7 Å². The van der Waals surface area contributed by atoms with Gasteiger partial charge in [0.2, 0.25) is 0 Å². The van der Waals surface area contributed by atoms with Gasteiger partial charge in [-0.1, -0.05) is 35.9 Å². The van der Waals surface area contributed by atoms with E-state index < -0.39 is 0 Å². The lowest BCUT2D eigenvalue weighted by Crippen LogP contribution is -2.26. The lowest BCUT2D eigenvalue weighted by molar-refractivity contribution is 0.0784. The van der Waals surface area contributed by atoms with Crippen molar-refractivity contribution in [3.05, 3.63) is 87.1 Å². The topological polar surface area (TPSA) is 49.4 Å². The molecule has 0 bridgehead atoms. The van der Waals surface area contributed by atoms with E-state index in [1.807, 2.05) is 11.4 Å². The molecule has 0 spiro atoms. The standard InChI is InChI=1S/C22H22N2O2S/c1-15-9-10-18(16(2)12-15)14-24(3)22(26)17-6-4-7-19(13-17)23-21(25)20-8-5-11-27-20/h4-13H,14H2,1-3H3,(H,23,25). The fourth-order valence-corrected chi connectivity index (χ4v) is 3.52. The summed E-state index contributed by atoms with van der Waals surface area (Å²) in [5.74, 6) is -0.250. The molecule has 0 radical (unpaired) electrons. The van der Waals surface area contributed by atoms with Crippen molar-refractivity contribution in [2.75, 3.05) is 12.4 Å². The van der Waals surface area contributed by atoms with Gasteiger partial charge in [-0.25, -0.2) is 0 Å². The van der Waals surface area contributed by atoms with Gasteiger partial charge in [-0.2, -0.15) is 0 Å². The molecule has 2 aromatic carbocycles. The second-order valence-corrected chi connectivity index (χ2v) is 7.55. The smallest absolute Gasteiger partial charge is 0.265 e. The zero-order valence-corrected chi connectivity index (χ0v) is 16.5. The van der Waals surface area contributed by atoms with Crippen molar-refractivity contribution in [3.8, 4) is 0 Å². The summed E-state index contributed by atoms with van der Waals surface area (Å²) in [5.41, 5.74) is 4.66. The normalized spacial score (nSPS) is 10.5. The number of aryl methyl sites for hydroxylation is 2. The predicted molar refractivity (Wildman–Crippen MR) is 110 cm³/mol. The number of nitrogens with zero attached hydrogens (tertiary/aromatic N) is 1. The highest BCUT2D eigenvalue weighted by molar-refractivity contribution is 7.12. The van der Waals surface area contributed by atoms with Gasteiger partial charge >= 0.3 is 0 Å². The molecule has 3 rings (SSSR count). The van der Waals surface area contributed by atoms with Crippen LogP contribution in [-0.2, 0) is 6.54 Å². The maximum Gasteiger partial charge on any atom is 0.265 e. The van der Waals surface area contributed by atoms with Gasteiger partial charge in [0.1, 0.15) is 0 Å². The number of anilines is 1. The van der Waals surface area contributed by atoms with Crippen molar-refractivity contribution >= 4 is 28.8 Å². The molecule has 2 amide bonds. The lowest BCUT2D eigenvalue weighted by Gasteiger charge is -2.19. The first-order valence-corrected chi connectivity index (χ1v) is 9.58. The minimum Gasteiger partial charge on any atom is -0.337 e. The number of thiophene rings is 1. The maximum absolute atomic E-state index is 12.8. The number of amides is 2. The molecule has 0 saturated heterocycles. The SMILES string of the molecule is Cc1ccc(CN(C)C(=O)c2cccc(NC(=O)c3cccs3)c2)c(C)c1. The molecule has 3 aromatic rings. The quantitative estimate of drug-likeness (QED) is 0.687. The van der Waals surface area contributed by atoms with E-state index in [9.17, 15) is 9.59 Å². The summed E-state index contributed by atoms with van der Waals surface area (Å²) < 4.78 is 0. The number of carbonyl (C=O) groups excluding carboxylic acids is 2. The molecule has 4 nitrogen and oxygen atoms in total. The Morgan fingerprint density at radius 2 is 1.85 bits per heavy atom. The molecule has 1 N–H and O–H groups in total. The summed E-state index contributed by atoms with van der Waals surface area (Å²) in [6.07, 6.45) is 0. The van der Waals surface area contributed by atoms with E-state index in [4.69, 9.17) is 0 Å². The second-order valence-electron chi connectivity index (χ2n) is 6.60. The van der Waals surface area contributed by atoms with Crippen LogP contribution in [0.1, 0.15) is 36.7 Å². The summed E-state index contributed by atoms with van der Waals surface area (Å²) in [7, 11) is 1.79. The van der Waals surface area contributed by atoms with Gasteiger partial charge in [0, 0.05) is 24.8 Å². The van der Waals surface area contributed by atoms with Crippen LogP contribution in [0.3, 0.4) is 0 Å². The van der Waals surface area contributed by atoms with E-state index >= 15 is 0 Å². The molecule has 27 heavy (non-hydrogen) atoms. The number of rotatable bonds is 5. The highest BCUT2D eigenvalue weighted by Crippen LogP contribution is 2.18. The molecule has 0 saturated carbocycles. The Kier molecular flexibility index (Phi) is 5.72. The number of carbonyl (C=O) groups is 2. The van der Waals surface area contributed by atoms with Crippen LogP contribution in [-0.4, -0.2) is 23.8 Å². The van der Waals surface area contributed by atoms with E-state index in [0.717, 1.165) is 5.56 Å². The van der Waals surface area contributed by atoms with Gasteiger partial charge in [-0.3, -0.25) is 9.59 Å². The predicted octanol–water partition coefficient (Wildman–Crippen LogP) is 4.89. The first kappa shape index (κ1) is 18.9. The molecule has 0 aliphatic carbocycles. The van der Waals surface area contributed by atoms with Crippen LogP contribution in [0, 0.1) is 13.8 Å². The average molecular weight is 378 g/mol. The van der Waals surface area contributed by atoms with Gasteiger partial charge in [-0.15, -0.1) is 11.3 Å². The second kappa shape index (κ2) is 8.18. The minimum atomic E-state index is -0.168. The first-order valence-electron chi connectivity index (χ1n) is 8.70. The van der Waals surface area contributed by atoms with Crippen LogP contribution in [0.15, 0.2) is 60.0 Å². The van der Waals surface area contributed by atoms with Crippen LogP contribution in [0.5, 0.6) is 0 Å². The van der Waals surface area contributed by atoms with Crippen LogP contribution in [0.25, 0.3) is 0 Å². The molecule has 0 fully saturated rings. The Morgan fingerprint density at radius 1 is 1.04 bits per heavy atom. The summed E-state index contributed by atoms with van der Waals surface area (Å²) in [5, 5.41) is 4.70. The van der Waals surface area contributed by atoms with E-state index in [-0.39, 0.29) is 11.8 Å². The molecule has 0 aliphatic rings. The summed E-state index contributed by atoms with van der Waals surface area (Å²) in [6.45, 7) is 4.65. The monoisotopic (exact) mass is 378 g/mol. The molecule has 0 atom stereocenters. The Bertz CT molecular complexity index is 964. The molecular weight excluding hydrogens is 356 g/mol. The Morgan fingerprint density at radius 3 is 2.56 bits per heavy atom. The highest BCUT2D eigenvalue weighted by atomic mass is 32.1. The Hall–Kier alpha value is -2.92. The largest absolute Gasteiger partial charge is 0.337 e.